The second-order valence-electron chi connectivity index (χ2n) is 6.31. The van der Waals surface area contributed by atoms with E-state index >= 15 is 0 Å². The van der Waals surface area contributed by atoms with Gasteiger partial charge < -0.3 is 15.0 Å². The molecular formula is C21H20F2N2O3. The Kier molecular flexibility index (Phi) is 6.37. The van der Waals surface area contributed by atoms with Crippen LogP contribution in [0.4, 0.5) is 14.5 Å². The standard InChI is InChI=1S/C21H20F2N2O3/c22-21(23)28-18-10-5-16(6-11-18)14-24-19(26)12-7-15-3-8-17(9-4-15)25-13-1-2-20(25)27/h3-12,21H,1-2,13-14H2,(H,24,26)/b12-7+. The molecule has 0 aromatic heterocycles. The van der Waals surface area contributed by atoms with Gasteiger partial charge in [0.2, 0.25) is 11.8 Å². The lowest BCUT2D eigenvalue weighted by molar-refractivity contribution is -0.117. The monoisotopic (exact) mass is 386 g/mol. The highest BCUT2D eigenvalue weighted by Crippen LogP contribution is 2.22. The molecule has 2 aromatic rings. The van der Waals surface area contributed by atoms with Gasteiger partial charge in [0, 0.05) is 31.3 Å². The Bertz CT molecular complexity index is 849. The summed E-state index contributed by atoms with van der Waals surface area (Å²) < 4.78 is 28.5. The predicted molar refractivity (Wildman–Crippen MR) is 102 cm³/mol. The van der Waals surface area contributed by atoms with Gasteiger partial charge in [0.1, 0.15) is 5.75 Å². The van der Waals surface area contributed by atoms with Crippen LogP contribution in [0, 0.1) is 0 Å². The van der Waals surface area contributed by atoms with E-state index in [-0.39, 0.29) is 24.1 Å². The molecule has 0 spiro atoms. The first-order valence-electron chi connectivity index (χ1n) is 8.91. The van der Waals surface area contributed by atoms with Crippen molar-refractivity contribution in [3.63, 3.8) is 0 Å². The summed E-state index contributed by atoms with van der Waals surface area (Å²) in [7, 11) is 0. The molecule has 1 N–H and O–H groups in total. The third-order valence-corrected chi connectivity index (χ3v) is 4.32. The summed E-state index contributed by atoms with van der Waals surface area (Å²) in [5.74, 6) is -0.0628. The first kappa shape index (κ1) is 19.5. The van der Waals surface area contributed by atoms with E-state index in [1.54, 1.807) is 23.1 Å². The SMILES string of the molecule is O=C(/C=C/c1ccc(N2CCCC2=O)cc1)NCc1ccc(OC(F)F)cc1. The van der Waals surface area contributed by atoms with Crippen molar-refractivity contribution in [3.8, 4) is 5.75 Å². The Labute approximate surface area is 161 Å². The van der Waals surface area contributed by atoms with Crippen molar-refractivity contribution in [1.82, 2.24) is 5.32 Å². The van der Waals surface area contributed by atoms with Crippen LogP contribution in [-0.2, 0) is 16.1 Å². The average Bonchev–Trinajstić information content (AvgIpc) is 3.12. The number of nitrogens with zero attached hydrogens (tertiary/aromatic N) is 1. The number of anilines is 1. The van der Waals surface area contributed by atoms with Gasteiger partial charge in [-0.25, -0.2) is 0 Å². The number of nitrogens with one attached hydrogen (secondary N) is 1. The van der Waals surface area contributed by atoms with Crippen LogP contribution in [0.3, 0.4) is 0 Å². The topological polar surface area (TPSA) is 58.6 Å². The molecule has 1 fully saturated rings. The lowest BCUT2D eigenvalue weighted by atomic mass is 10.2. The first-order valence-corrected chi connectivity index (χ1v) is 8.91. The molecule has 1 aliphatic rings. The highest BCUT2D eigenvalue weighted by atomic mass is 19.3. The molecule has 0 aliphatic carbocycles. The van der Waals surface area contributed by atoms with E-state index in [1.165, 1.54) is 18.2 Å². The number of hydrogen-bond acceptors (Lipinski definition) is 3. The fourth-order valence-corrected chi connectivity index (χ4v) is 2.90. The Balaban J connectivity index is 1.49. The van der Waals surface area contributed by atoms with Crippen LogP contribution in [-0.4, -0.2) is 25.0 Å². The van der Waals surface area contributed by atoms with Crippen molar-refractivity contribution < 1.29 is 23.1 Å². The van der Waals surface area contributed by atoms with Crippen molar-refractivity contribution in [3.05, 3.63) is 65.7 Å². The second kappa shape index (κ2) is 9.12. The maximum absolute atomic E-state index is 12.1. The zero-order valence-electron chi connectivity index (χ0n) is 15.1. The number of carbonyl (C=O) groups is 2. The molecule has 3 rings (SSSR count). The van der Waals surface area contributed by atoms with Crippen LogP contribution < -0.4 is 15.0 Å². The second-order valence-corrected chi connectivity index (χ2v) is 6.31. The fraction of sp³-hybridized carbons (Fsp3) is 0.238. The van der Waals surface area contributed by atoms with Gasteiger partial charge in [-0.2, -0.15) is 8.78 Å². The van der Waals surface area contributed by atoms with Crippen LogP contribution in [0.1, 0.15) is 24.0 Å². The molecule has 7 heteroatoms. The van der Waals surface area contributed by atoms with Crippen LogP contribution in [0.25, 0.3) is 6.08 Å². The van der Waals surface area contributed by atoms with E-state index in [1.807, 2.05) is 24.3 Å². The maximum Gasteiger partial charge on any atom is 0.387 e. The third kappa shape index (κ3) is 5.39. The number of rotatable bonds is 7. The number of carbonyl (C=O) groups excluding carboxylic acids is 2. The van der Waals surface area contributed by atoms with Crippen molar-refractivity contribution in [2.75, 3.05) is 11.4 Å². The largest absolute Gasteiger partial charge is 0.435 e. The van der Waals surface area contributed by atoms with Gasteiger partial charge in [0.05, 0.1) is 0 Å². The highest BCUT2D eigenvalue weighted by Gasteiger charge is 2.21. The molecule has 1 aliphatic heterocycles. The van der Waals surface area contributed by atoms with Crippen LogP contribution in [0.5, 0.6) is 5.75 Å². The summed E-state index contributed by atoms with van der Waals surface area (Å²) in [6.45, 7) is -1.85. The summed E-state index contributed by atoms with van der Waals surface area (Å²) >= 11 is 0. The van der Waals surface area contributed by atoms with E-state index in [0.29, 0.717) is 6.42 Å². The summed E-state index contributed by atoms with van der Waals surface area (Å²) in [5.41, 5.74) is 2.48. The summed E-state index contributed by atoms with van der Waals surface area (Å²) in [5, 5.41) is 2.72. The summed E-state index contributed by atoms with van der Waals surface area (Å²) in [4.78, 5) is 25.5. The van der Waals surface area contributed by atoms with Gasteiger partial charge >= 0.3 is 6.61 Å². The smallest absolute Gasteiger partial charge is 0.387 e. The van der Waals surface area contributed by atoms with Gasteiger partial charge in [0.15, 0.2) is 0 Å². The Morgan fingerprint density at radius 1 is 1.14 bits per heavy atom. The summed E-state index contributed by atoms with van der Waals surface area (Å²) in [6, 6.07) is 13.5. The quantitative estimate of drug-likeness (QED) is 0.738. The van der Waals surface area contributed by atoms with Crippen molar-refractivity contribution in [1.29, 1.82) is 0 Å². The van der Waals surface area contributed by atoms with Crippen molar-refractivity contribution >= 4 is 23.6 Å². The number of ether oxygens (including phenoxy) is 1. The Hall–Kier alpha value is -3.22. The number of halogens is 2. The number of hydrogen-bond donors (Lipinski definition) is 1. The summed E-state index contributed by atoms with van der Waals surface area (Å²) in [6.07, 6.45) is 4.57. The van der Waals surface area contributed by atoms with Gasteiger partial charge in [-0.05, 0) is 47.9 Å². The fourth-order valence-electron chi connectivity index (χ4n) is 2.90. The molecule has 5 nitrogen and oxygen atoms in total. The van der Waals surface area contributed by atoms with E-state index in [0.717, 1.165) is 29.8 Å². The lowest BCUT2D eigenvalue weighted by Gasteiger charge is -2.15. The predicted octanol–water partition coefficient (Wildman–Crippen LogP) is 3.74. The molecule has 2 amide bonds. The molecule has 0 atom stereocenters. The van der Waals surface area contributed by atoms with Gasteiger partial charge in [-0.1, -0.05) is 24.3 Å². The molecule has 0 unspecified atom stereocenters. The molecule has 0 radical (unpaired) electrons. The highest BCUT2D eigenvalue weighted by molar-refractivity contribution is 5.95. The van der Waals surface area contributed by atoms with Gasteiger partial charge in [-0.15, -0.1) is 0 Å². The van der Waals surface area contributed by atoms with E-state index in [2.05, 4.69) is 10.1 Å². The number of alkyl halides is 2. The molecule has 0 saturated carbocycles. The first-order chi connectivity index (χ1) is 13.5. The lowest BCUT2D eigenvalue weighted by Crippen LogP contribution is -2.23. The minimum absolute atomic E-state index is 0.0732. The van der Waals surface area contributed by atoms with E-state index < -0.39 is 6.61 Å². The minimum Gasteiger partial charge on any atom is -0.435 e. The van der Waals surface area contributed by atoms with Gasteiger partial charge in [-0.3, -0.25) is 9.59 Å². The normalized spacial score (nSPS) is 14.1. The number of benzene rings is 2. The Morgan fingerprint density at radius 3 is 2.46 bits per heavy atom. The van der Waals surface area contributed by atoms with Crippen LogP contribution in [0.15, 0.2) is 54.6 Å². The van der Waals surface area contributed by atoms with Crippen LogP contribution >= 0.6 is 0 Å². The zero-order chi connectivity index (χ0) is 19.9. The average molecular weight is 386 g/mol. The molecular weight excluding hydrogens is 366 g/mol. The Morgan fingerprint density at radius 2 is 1.86 bits per heavy atom. The molecule has 146 valence electrons. The van der Waals surface area contributed by atoms with Crippen molar-refractivity contribution in [2.24, 2.45) is 0 Å². The molecule has 28 heavy (non-hydrogen) atoms. The number of amides is 2. The molecule has 1 heterocycles. The van der Waals surface area contributed by atoms with Crippen molar-refractivity contribution in [2.45, 2.75) is 26.0 Å². The maximum atomic E-state index is 12.1. The van der Waals surface area contributed by atoms with E-state index in [9.17, 15) is 18.4 Å². The molecule has 1 saturated heterocycles. The molecule has 2 aromatic carbocycles. The third-order valence-electron chi connectivity index (χ3n) is 4.32. The van der Waals surface area contributed by atoms with Crippen LogP contribution in [0.2, 0.25) is 0 Å². The van der Waals surface area contributed by atoms with Gasteiger partial charge in [0.25, 0.3) is 0 Å². The minimum atomic E-state index is -2.86. The van der Waals surface area contributed by atoms with E-state index in [4.69, 9.17) is 0 Å². The zero-order valence-corrected chi connectivity index (χ0v) is 15.1. The molecule has 0 bridgehead atoms.